The molecule has 0 radical (unpaired) electrons. The summed E-state index contributed by atoms with van der Waals surface area (Å²) in [5, 5.41) is 21.2. The summed E-state index contributed by atoms with van der Waals surface area (Å²) in [4.78, 5) is 4.44. The lowest BCUT2D eigenvalue weighted by molar-refractivity contribution is -0.559. The monoisotopic (exact) mass is 160 g/mol. The zero-order chi connectivity index (χ0) is 7.90. The summed E-state index contributed by atoms with van der Waals surface area (Å²) in [7, 11) is 0. The minimum Gasteiger partial charge on any atom is -0.363 e. The second-order valence-corrected chi connectivity index (χ2v) is 3.50. The van der Waals surface area contributed by atoms with Crippen molar-refractivity contribution >= 4 is 0 Å². The highest BCUT2D eigenvalue weighted by Gasteiger charge is 2.56. The number of hydrogen-bond donors (Lipinski definition) is 2. The fraction of sp³-hybridized carbons (Fsp3) is 1.00. The smallest absolute Gasteiger partial charge is 0.205 e. The lowest BCUT2D eigenvalue weighted by atomic mass is 9.94. The van der Waals surface area contributed by atoms with Crippen molar-refractivity contribution in [2.24, 2.45) is 11.8 Å². The predicted molar refractivity (Wildman–Crippen MR) is 35.2 cm³/mol. The summed E-state index contributed by atoms with van der Waals surface area (Å²) in [6, 6.07) is 0. The fourth-order valence-electron chi connectivity index (χ4n) is 2.09. The van der Waals surface area contributed by atoms with Gasteiger partial charge < -0.3 is 5.11 Å². The summed E-state index contributed by atoms with van der Waals surface area (Å²) in [6.45, 7) is 0. The first-order valence-corrected chi connectivity index (χ1v) is 3.98. The van der Waals surface area contributed by atoms with E-state index >= 15 is 0 Å². The molecule has 0 heterocycles. The van der Waals surface area contributed by atoms with Gasteiger partial charge in [-0.2, -0.15) is 4.89 Å². The summed E-state index contributed by atoms with van der Waals surface area (Å²) < 4.78 is 0. The molecule has 0 aromatic carbocycles. The number of aliphatic hydroxyl groups is 1. The van der Waals surface area contributed by atoms with Crippen LogP contribution in [0.2, 0.25) is 0 Å². The Morgan fingerprint density at radius 2 is 2.27 bits per heavy atom. The molecule has 2 aliphatic carbocycles. The Hall–Kier alpha value is -0.160. The molecule has 0 amide bonds. The number of fused-ring (bicyclic) bond motifs is 1. The molecule has 0 bridgehead atoms. The van der Waals surface area contributed by atoms with Crippen molar-refractivity contribution in [3.05, 3.63) is 0 Å². The first kappa shape index (κ1) is 7.49. The van der Waals surface area contributed by atoms with Crippen LogP contribution in [0.5, 0.6) is 0 Å². The molecular formula is C7H12O4. The zero-order valence-electron chi connectivity index (χ0n) is 6.19. The highest BCUT2D eigenvalue weighted by atomic mass is 17.5. The minimum atomic E-state index is -1.21. The standard InChI is InChI=1S/C7H12O4/c8-7(10-11-9)3-1-2-5-4-6(5)7/h5-6,8-9H,1-4H2/t5-,6+,7-/m0/s1. The van der Waals surface area contributed by atoms with Gasteiger partial charge in [-0.05, 0) is 25.2 Å². The van der Waals surface area contributed by atoms with Crippen molar-refractivity contribution in [1.82, 2.24) is 0 Å². The van der Waals surface area contributed by atoms with E-state index in [1.807, 2.05) is 0 Å². The van der Waals surface area contributed by atoms with E-state index in [0.717, 1.165) is 12.8 Å². The Bertz CT molecular complexity index is 157. The van der Waals surface area contributed by atoms with Gasteiger partial charge in [-0.3, -0.25) is 0 Å². The van der Waals surface area contributed by atoms with E-state index in [9.17, 15) is 5.11 Å². The van der Waals surface area contributed by atoms with E-state index in [0.29, 0.717) is 12.3 Å². The molecule has 0 aromatic heterocycles. The number of hydrogen-bond acceptors (Lipinski definition) is 4. The molecule has 2 saturated carbocycles. The maximum absolute atomic E-state index is 9.67. The van der Waals surface area contributed by atoms with E-state index in [4.69, 9.17) is 5.26 Å². The van der Waals surface area contributed by atoms with Crippen molar-refractivity contribution < 1.29 is 20.3 Å². The van der Waals surface area contributed by atoms with Crippen molar-refractivity contribution in [1.29, 1.82) is 0 Å². The molecule has 0 spiro atoms. The van der Waals surface area contributed by atoms with Gasteiger partial charge in [0, 0.05) is 12.3 Å². The molecule has 4 nitrogen and oxygen atoms in total. The quantitative estimate of drug-likeness (QED) is 0.358. The molecule has 2 fully saturated rings. The molecule has 11 heavy (non-hydrogen) atoms. The van der Waals surface area contributed by atoms with Gasteiger partial charge in [-0.25, -0.2) is 5.26 Å². The molecule has 0 aliphatic heterocycles. The Kier molecular flexibility index (Phi) is 1.64. The van der Waals surface area contributed by atoms with Gasteiger partial charge >= 0.3 is 0 Å². The third-order valence-electron chi connectivity index (χ3n) is 2.79. The Balaban J connectivity index is 1.99. The SMILES string of the molecule is OOO[C@@]1(O)CCC[C@H]2C[C@H]21. The number of rotatable bonds is 2. The normalized spacial score (nSPS) is 48.5. The van der Waals surface area contributed by atoms with E-state index in [1.165, 1.54) is 6.42 Å². The molecule has 0 aromatic rings. The van der Waals surface area contributed by atoms with E-state index in [2.05, 4.69) is 9.93 Å². The Morgan fingerprint density at radius 3 is 3.00 bits per heavy atom. The summed E-state index contributed by atoms with van der Waals surface area (Å²) >= 11 is 0. The molecular weight excluding hydrogens is 148 g/mol. The largest absolute Gasteiger partial charge is 0.363 e. The maximum Gasteiger partial charge on any atom is 0.205 e. The van der Waals surface area contributed by atoms with Gasteiger partial charge in [0.05, 0.1) is 0 Å². The van der Waals surface area contributed by atoms with Crippen LogP contribution in [0, 0.1) is 11.8 Å². The lowest BCUT2D eigenvalue weighted by Gasteiger charge is -2.28. The van der Waals surface area contributed by atoms with Crippen molar-refractivity contribution in [3.63, 3.8) is 0 Å². The zero-order valence-corrected chi connectivity index (χ0v) is 6.19. The Morgan fingerprint density at radius 1 is 1.45 bits per heavy atom. The maximum atomic E-state index is 9.67. The Labute approximate surface area is 64.6 Å². The molecule has 64 valence electrons. The first-order valence-electron chi connectivity index (χ1n) is 3.98. The van der Waals surface area contributed by atoms with Gasteiger partial charge in [-0.15, -0.1) is 0 Å². The molecule has 2 aliphatic rings. The predicted octanol–water partition coefficient (Wildman–Crippen LogP) is 0.916. The molecule has 4 heteroatoms. The third-order valence-corrected chi connectivity index (χ3v) is 2.79. The van der Waals surface area contributed by atoms with Gasteiger partial charge in [0.1, 0.15) is 0 Å². The van der Waals surface area contributed by atoms with Crippen LogP contribution in [0.4, 0.5) is 0 Å². The molecule has 2 N–H and O–H groups in total. The van der Waals surface area contributed by atoms with Gasteiger partial charge in [0.2, 0.25) is 5.79 Å². The van der Waals surface area contributed by atoms with Gasteiger partial charge in [-0.1, -0.05) is 5.04 Å². The van der Waals surface area contributed by atoms with Crippen molar-refractivity contribution in [3.8, 4) is 0 Å². The van der Waals surface area contributed by atoms with Crippen LogP contribution in [0.25, 0.3) is 0 Å². The molecule has 0 unspecified atom stereocenters. The van der Waals surface area contributed by atoms with Crippen LogP contribution in [-0.2, 0) is 9.93 Å². The van der Waals surface area contributed by atoms with Crippen LogP contribution in [0.15, 0.2) is 0 Å². The second kappa shape index (κ2) is 2.42. The van der Waals surface area contributed by atoms with Crippen LogP contribution in [-0.4, -0.2) is 16.2 Å². The summed E-state index contributed by atoms with van der Waals surface area (Å²) in [5.41, 5.74) is 0. The van der Waals surface area contributed by atoms with Crippen LogP contribution in [0.3, 0.4) is 0 Å². The van der Waals surface area contributed by atoms with Crippen LogP contribution < -0.4 is 0 Å². The molecule has 3 atom stereocenters. The first-order chi connectivity index (χ1) is 5.26. The van der Waals surface area contributed by atoms with Gasteiger partial charge in [0.15, 0.2) is 0 Å². The van der Waals surface area contributed by atoms with Gasteiger partial charge in [0.25, 0.3) is 0 Å². The van der Waals surface area contributed by atoms with Crippen molar-refractivity contribution in [2.75, 3.05) is 0 Å². The molecule has 0 saturated heterocycles. The highest BCUT2D eigenvalue weighted by molar-refractivity contribution is 4.99. The van der Waals surface area contributed by atoms with E-state index in [-0.39, 0.29) is 5.92 Å². The average Bonchev–Trinajstić information content (AvgIpc) is 2.68. The summed E-state index contributed by atoms with van der Waals surface area (Å²) in [5.74, 6) is -0.440. The minimum absolute atomic E-state index is 0.184. The van der Waals surface area contributed by atoms with E-state index in [1.54, 1.807) is 0 Å². The lowest BCUT2D eigenvalue weighted by Crippen LogP contribution is -2.37. The van der Waals surface area contributed by atoms with E-state index < -0.39 is 5.79 Å². The van der Waals surface area contributed by atoms with Crippen LogP contribution in [0.1, 0.15) is 25.7 Å². The second-order valence-electron chi connectivity index (χ2n) is 3.50. The van der Waals surface area contributed by atoms with Crippen molar-refractivity contribution in [2.45, 2.75) is 31.5 Å². The summed E-state index contributed by atoms with van der Waals surface area (Å²) in [6.07, 6.45) is 3.68. The van der Waals surface area contributed by atoms with Crippen LogP contribution >= 0.6 is 0 Å². The highest BCUT2D eigenvalue weighted by Crippen LogP contribution is 2.55. The average molecular weight is 160 g/mol. The fourth-order valence-corrected chi connectivity index (χ4v) is 2.09. The topological polar surface area (TPSA) is 58.9 Å². The molecule has 2 rings (SSSR count). The third kappa shape index (κ3) is 1.16.